The van der Waals surface area contributed by atoms with Crippen molar-refractivity contribution in [2.24, 2.45) is 5.92 Å². The zero-order valence-corrected chi connectivity index (χ0v) is 17.7. The fourth-order valence-electron chi connectivity index (χ4n) is 4.21. The van der Waals surface area contributed by atoms with Crippen molar-refractivity contribution in [1.29, 1.82) is 0 Å². The first-order chi connectivity index (χ1) is 13.7. The minimum atomic E-state index is -0.850. The number of hydrogen-bond acceptors (Lipinski definition) is 5. The molecular weight excluding hydrogens is 374 g/mol. The number of imide groups is 1. The van der Waals surface area contributed by atoms with Crippen LogP contribution in [0.3, 0.4) is 0 Å². The van der Waals surface area contributed by atoms with Crippen molar-refractivity contribution >= 4 is 17.8 Å². The maximum Gasteiger partial charge on any atom is 0.327 e. The molecule has 1 spiro atoms. The minimum Gasteiger partial charge on any atom is -0.497 e. The maximum absolute atomic E-state index is 13.1. The lowest BCUT2D eigenvalue weighted by atomic mass is 9.85. The van der Waals surface area contributed by atoms with E-state index in [0.29, 0.717) is 49.5 Å². The number of nitrogens with zero attached hydrogens (tertiary/aromatic N) is 3. The molecule has 1 aromatic rings. The molecule has 0 aliphatic carbocycles. The van der Waals surface area contributed by atoms with Crippen molar-refractivity contribution in [1.82, 2.24) is 14.7 Å². The van der Waals surface area contributed by atoms with Crippen molar-refractivity contribution < 1.29 is 23.9 Å². The van der Waals surface area contributed by atoms with Gasteiger partial charge in [0.15, 0.2) is 0 Å². The van der Waals surface area contributed by atoms with Crippen molar-refractivity contribution in [3.8, 4) is 11.5 Å². The highest BCUT2D eigenvalue weighted by atomic mass is 16.5. The van der Waals surface area contributed by atoms with Crippen LogP contribution in [0, 0.1) is 5.92 Å². The third-order valence-electron chi connectivity index (χ3n) is 5.80. The van der Waals surface area contributed by atoms with Crippen LogP contribution in [0.2, 0.25) is 0 Å². The van der Waals surface area contributed by atoms with E-state index in [4.69, 9.17) is 9.47 Å². The fraction of sp³-hybridized carbons (Fsp3) is 0.571. The first kappa shape index (κ1) is 21.0. The van der Waals surface area contributed by atoms with Gasteiger partial charge in [0.2, 0.25) is 0 Å². The third-order valence-corrected chi connectivity index (χ3v) is 5.80. The molecule has 0 unspecified atom stereocenters. The first-order valence-electron chi connectivity index (χ1n) is 9.86. The molecule has 2 aliphatic heterocycles. The zero-order chi connectivity index (χ0) is 21.3. The lowest BCUT2D eigenvalue weighted by molar-refractivity contribution is -0.134. The molecule has 158 valence electrons. The summed E-state index contributed by atoms with van der Waals surface area (Å²) in [6, 6.07) is 4.84. The Morgan fingerprint density at radius 1 is 1.14 bits per heavy atom. The lowest BCUT2D eigenvalue weighted by Gasteiger charge is -2.42. The summed E-state index contributed by atoms with van der Waals surface area (Å²) in [6.45, 7) is 5.37. The molecular formula is C21H29N3O5. The normalized spacial score (nSPS) is 18.8. The summed E-state index contributed by atoms with van der Waals surface area (Å²) >= 11 is 0. The van der Waals surface area contributed by atoms with Crippen LogP contribution in [0.5, 0.6) is 11.5 Å². The van der Waals surface area contributed by atoms with Crippen LogP contribution in [0.1, 0.15) is 37.0 Å². The second-order valence-electron chi connectivity index (χ2n) is 8.04. The predicted octanol–water partition coefficient (Wildman–Crippen LogP) is 2.23. The molecule has 0 saturated carbocycles. The molecule has 2 aliphatic rings. The Morgan fingerprint density at radius 2 is 1.79 bits per heavy atom. The van der Waals surface area contributed by atoms with E-state index in [1.807, 2.05) is 13.8 Å². The molecule has 0 N–H and O–H groups in total. The van der Waals surface area contributed by atoms with Gasteiger partial charge in [-0.1, -0.05) is 13.8 Å². The van der Waals surface area contributed by atoms with E-state index in [9.17, 15) is 14.4 Å². The van der Waals surface area contributed by atoms with E-state index < -0.39 is 5.54 Å². The average molecular weight is 403 g/mol. The van der Waals surface area contributed by atoms with Crippen molar-refractivity contribution in [2.45, 2.75) is 32.2 Å². The number of carbonyl (C=O) groups is 3. The van der Waals surface area contributed by atoms with Crippen LogP contribution in [-0.4, -0.2) is 79.0 Å². The number of urea groups is 1. The predicted molar refractivity (Wildman–Crippen MR) is 107 cm³/mol. The Kier molecular flexibility index (Phi) is 5.73. The van der Waals surface area contributed by atoms with Gasteiger partial charge in [0.25, 0.3) is 11.8 Å². The second-order valence-corrected chi connectivity index (χ2v) is 8.04. The summed E-state index contributed by atoms with van der Waals surface area (Å²) in [5.41, 5.74) is -0.397. The van der Waals surface area contributed by atoms with E-state index in [1.165, 1.54) is 19.1 Å². The number of benzene rings is 1. The molecule has 4 amide bonds. The van der Waals surface area contributed by atoms with Crippen LogP contribution >= 0.6 is 0 Å². The van der Waals surface area contributed by atoms with Crippen molar-refractivity contribution in [3.05, 3.63) is 23.8 Å². The summed E-state index contributed by atoms with van der Waals surface area (Å²) in [7, 11) is 4.60. The largest absolute Gasteiger partial charge is 0.497 e. The van der Waals surface area contributed by atoms with Crippen molar-refractivity contribution in [3.63, 3.8) is 0 Å². The smallest absolute Gasteiger partial charge is 0.327 e. The number of likely N-dealkylation sites (N-methyl/N-ethyl adjacent to an activating group) is 1. The molecule has 0 aromatic heterocycles. The number of methoxy groups -OCH3 is 2. The van der Waals surface area contributed by atoms with E-state index in [-0.39, 0.29) is 23.8 Å². The molecule has 0 radical (unpaired) electrons. The number of hydrogen-bond donors (Lipinski definition) is 0. The number of likely N-dealkylation sites (tertiary alicyclic amines) is 1. The molecule has 29 heavy (non-hydrogen) atoms. The Bertz CT molecular complexity index is 815. The average Bonchev–Trinajstić information content (AvgIpc) is 2.89. The Labute approximate surface area is 171 Å². The summed E-state index contributed by atoms with van der Waals surface area (Å²) in [6.07, 6.45) is 0.859. The standard InChI is InChI=1S/C21H29N3O5/c1-14(2)13-24-20(27)22(3)19(26)21(24)8-10-23(11-9-21)18(25)16-7-6-15(28-4)12-17(16)29-5/h6-7,12,14H,8-11,13H2,1-5H3. The van der Waals surface area contributed by atoms with E-state index in [2.05, 4.69) is 0 Å². The van der Waals surface area contributed by atoms with E-state index >= 15 is 0 Å². The quantitative estimate of drug-likeness (QED) is 0.705. The number of ether oxygens (including phenoxy) is 2. The number of carbonyl (C=O) groups excluding carboxylic acids is 3. The van der Waals surface area contributed by atoms with Crippen LogP contribution in [0.25, 0.3) is 0 Å². The van der Waals surface area contributed by atoms with E-state index in [1.54, 1.807) is 35.1 Å². The lowest BCUT2D eigenvalue weighted by Crippen LogP contribution is -2.58. The summed E-state index contributed by atoms with van der Waals surface area (Å²) in [4.78, 5) is 43.3. The van der Waals surface area contributed by atoms with Crippen LogP contribution in [-0.2, 0) is 4.79 Å². The van der Waals surface area contributed by atoms with Gasteiger partial charge in [-0.3, -0.25) is 14.5 Å². The molecule has 3 rings (SSSR count). The topological polar surface area (TPSA) is 79.4 Å². The third kappa shape index (κ3) is 3.52. The van der Waals surface area contributed by atoms with Gasteiger partial charge in [0.05, 0.1) is 19.8 Å². The summed E-state index contributed by atoms with van der Waals surface area (Å²) in [5, 5.41) is 0. The van der Waals surface area contributed by atoms with Gasteiger partial charge in [-0.2, -0.15) is 0 Å². The number of amides is 4. The Balaban J connectivity index is 1.80. The molecule has 8 nitrogen and oxygen atoms in total. The van der Waals surface area contributed by atoms with Gasteiger partial charge in [0.1, 0.15) is 17.0 Å². The molecule has 8 heteroatoms. The van der Waals surface area contributed by atoms with Crippen LogP contribution < -0.4 is 9.47 Å². The minimum absolute atomic E-state index is 0.153. The van der Waals surface area contributed by atoms with Gasteiger partial charge < -0.3 is 19.3 Å². The highest BCUT2D eigenvalue weighted by Gasteiger charge is 2.57. The number of rotatable bonds is 5. The molecule has 2 fully saturated rings. The van der Waals surface area contributed by atoms with Gasteiger partial charge in [-0.15, -0.1) is 0 Å². The summed E-state index contributed by atoms with van der Waals surface area (Å²) < 4.78 is 10.5. The van der Waals surface area contributed by atoms with Crippen molar-refractivity contribution in [2.75, 3.05) is 40.9 Å². The van der Waals surface area contributed by atoms with Gasteiger partial charge in [0, 0.05) is 32.7 Å². The molecule has 2 saturated heterocycles. The Hall–Kier alpha value is -2.77. The molecule has 0 bridgehead atoms. The van der Waals surface area contributed by atoms with Gasteiger partial charge in [-0.05, 0) is 30.9 Å². The second kappa shape index (κ2) is 7.93. The number of piperidine rings is 1. The Morgan fingerprint density at radius 3 is 2.34 bits per heavy atom. The monoisotopic (exact) mass is 403 g/mol. The maximum atomic E-state index is 13.1. The van der Waals surface area contributed by atoms with Crippen LogP contribution in [0.15, 0.2) is 18.2 Å². The molecule has 0 atom stereocenters. The highest BCUT2D eigenvalue weighted by molar-refractivity contribution is 6.07. The SMILES string of the molecule is COc1ccc(C(=O)N2CCC3(CC2)C(=O)N(C)C(=O)N3CC(C)C)c(OC)c1. The fourth-order valence-corrected chi connectivity index (χ4v) is 4.21. The zero-order valence-electron chi connectivity index (χ0n) is 17.7. The first-order valence-corrected chi connectivity index (χ1v) is 9.86. The van der Waals surface area contributed by atoms with Gasteiger partial charge in [-0.25, -0.2) is 4.79 Å². The summed E-state index contributed by atoms with van der Waals surface area (Å²) in [5.74, 6) is 0.983. The molecule has 2 heterocycles. The van der Waals surface area contributed by atoms with Gasteiger partial charge >= 0.3 is 6.03 Å². The van der Waals surface area contributed by atoms with E-state index in [0.717, 1.165) is 0 Å². The van der Waals surface area contributed by atoms with Crippen LogP contribution in [0.4, 0.5) is 4.79 Å². The molecule has 1 aromatic carbocycles. The highest BCUT2D eigenvalue weighted by Crippen LogP contribution is 2.38.